The molecule has 0 radical (unpaired) electrons. The van der Waals surface area contributed by atoms with Crippen LogP contribution in [-0.4, -0.2) is 36.6 Å². The zero-order valence-corrected chi connectivity index (χ0v) is 12.7. The van der Waals surface area contributed by atoms with E-state index in [1.165, 1.54) is 32.4 Å². The number of nitrogens with two attached hydrogens (primary N) is 1. The number of ether oxygens (including phenoxy) is 1. The van der Waals surface area contributed by atoms with Crippen molar-refractivity contribution in [2.45, 2.75) is 32.7 Å². The molecule has 2 unspecified atom stereocenters. The Morgan fingerprint density at radius 2 is 2.05 bits per heavy atom. The summed E-state index contributed by atoms with van der Waals surface area (Å²) in [6, 6.07) is 3.73. The van der Waals surface area contributed by atoms with Crippen LogP contribution < -0.4 is 10.5 Å². The molecular formula is C16H27N3O. The van der Waals surface area contributed by atoms with Crippen LogP contribution in [-0.2, 0) is 6.54 Å². The Balaban J connectivity index is 0.000000149. The normalized spacial score (nSPS) is 24.9. The number of hydrogen-bond acceptors (Lipinski definition) is 4. The lowest BCUT2D eigenvalue weighted by Gasteiger charge is -2.27. The van der Waals surface area contributed by atoms with Crippen molar-refractivity contribution in [1.29, 1.82) is 0 Å². The second kappa shape index (κ2) is 7.60. The van der Waals surface area contributed by atoms with Gasteiger partial charge in [0.15, 0.2) is 0 Å². The Morgan fingerprint density at radius 1 is 1.35 bits per heavy atom. The largest absolute Gasteiger partial charge is 0.478 e. The van der Waals surface area contributed by atoms with Gasteiger partial charge in [0.2, 0.25) is 5.88 Å². The van der Waals surface area contributed by atoms with Gasteiger partial charge in [-0.15, -0.1) is 0 Å². The van der Waals surface area contributed by atoms with Crippen molar-refractivity contribution in [2.24, 2.45) is 17.6 Å². The third-order valence-corrected chi connectivity index (χ3v) is 4.12. The summed E-state index contributed by atoms with van der Waals surface area (Å²) in [5, 5.41) is 0. The third-order valence-electron chi connectivity index (χ3n) is 4.12. The summed E-state index contributed by atoms with van der Waals surface area (Å²) in [7, 11) is 2.25. The molecule has 0 aromatic carbocycles. The minimum absolute atomic E-state index is 0.530. The van der Waals surface area contributed by atoms with Crippen molar-refractivity contribution in [1.82, 2.24) is 9.88 Å². The maximum Gasteiger partial charge on any atom is 0.213 e. The molecule has 2 heterocycles. The Labute approximate surface area is 122 Å². The molecule has 1 saturated heterocycles. The SMILES string of the molecule is CCOc1cc(CN)ccn1.CN1CC2CCC(C2)C1. The minimum atomic E-state index is 0.530. The van der Waals surface area contributed by atoms with Gasteiger partial charge in [0, 0.05) is 31.9 Å². The molecule has 112 valence electrons. The van der Waals surface area contributed by atoms with Crippen LogP contribution in [0.25, 0.3) is 0 Å². The number of pyridine rings is 1. The van der Waals surface area contributed by atoms with E-state index in [-0.39, 0.29) is 0 Å². The smallest absolute Gasteiger partial charge is 0.213 e. The summed E-state index contributed by atoms with van der Waals surface area (Å²) in [6.45, 7) is 5.84. The third kappa shape index (κ3) is 4.46. The molecule has 1 aromatic heterocycles. The summed E-state index contributed by atoms with van der Waals surface area (Å²) in [4.78, 5) is 6.49. The molecule has 3 rings (SSSR count). The summed E-state index contributed by atoms with van der Waals surface area (Å²) in [6.07, 6.45) is 6.25. The molecule has 2 atom stereocenters. The van der Waals surface area contributed by atoms with E-state index in [4.69, 9.17) is 10.5 Å². The fourth-order valence-corrected chi connectivity index (χ4v) is 3.27. The number of nitrogens with zero attached hydrogens (tertiary/aromatic N) is 2. The Kier molecular flexibility index (Phi) is 5.80. The van der Waals surface area contributed by atoms with E-state index < -0.39 is 0 Å². The Morgan fingerprint density at radius 3 is 2.65 bits per heavy atom. The van der Waals surface area contributed by atoms with Crippen LogP contribution in [0.3, 0.4) is 0 Å². The molecule has 2 N–H and O–H groups in total. The molecule has 1 aliphatic carbocycles. The average molecular weight is 277 g/mol. The highest BCUT2D eigenvalue weighted by molar-refractivity contribution is 5.19. The quantitative estimate of drug-likeness (QED) is 0.921. The van der Waals surface area contributed by atoms with Crippen molar-refractivity contribution >= 4 is 0 Å². The molecule has 2 bridgehead atoms. The first kappa shape index (κ1) is 15.3. The van der Waals surface area contributed by atoms with Crippen LogP contribution in [0.2, 0.25) is 0 Å². The van der Waals surface area contributed by atoms with Crippen LogP contribution in [0.4, 0.5) is 0 Å². The molecule has 1 aromatic rings. The maximum absolute atomic E-state index is 5.43. The molecule has 4 nitrogen and oxygen atoms in total. The number of piperidine rings is 1. The average Bonchev–Trinajstić information content (AvgIpc) is 2.79. The molecular weight excluding hydrogens is 250 g/mol. The number of likely N-dealkylation sites (tertiary alicyclic amines) is 1. The minimum Gasteiger partial charge on any atom is -0.478 e. The van der Waals surface area contributed by atoms with Gasteiger partial charge in [-0.3, -0.25) is 0 Å². The van der Waals surface area contributed by atoms with E-state index in [1.54, 1.807) is 6.20 Å². The predicted octanol–water partition coefficient (Wildman–Crippen LogP) is 2.29. The zero-order chi connectivity index (χ0) is 14.4. The van der Waals surface area contributed by atoms with Crippen molar-refractivity contribution in [3.05, 3.63) is 23.9 Å². The van der Waals surface area contributed by atoms with Crippen molar-refractivity contribution < 1.29 is 4.74 Å². The number of rotatable bonds is 3. The molecule has 2 fully saturated rings. The Hall–Kier alpha value is -1.13. The van der Waals surface area contributed by atoms with E-state index >= 15 is 0 Å². The molecule has 0 spiro atoms. The lowest BCUT2D eigenvalue weighted by atomic mass is 10.00. The van der Waals surface area contributed by atoms with Gasteiger partial charge >= 0.3 is 0 Å². The van der Waals surface area contributed by atoms with E-state index in [2.05, 4.69) is 16.9 Å². The molecule has 1 saturated carbocycles. The highest BCUT2D eigenvalue weighted by Crippen LogP contribution is 2.35. The predicted molar refractivity (Wildman–Crippen MR) is 81.6 cm³/mol. The van der Waals surface area contributed by atoms with Gasteiger partial charge in [0.05, 0.1) is 6.61 Å². The van der Waals surface area contributed by atoms with Crippen LogP contribution in [0.1, 0.15) is 31.7 Å². The molecule has 1 aliphatic heterocycles. The first-order chi connectivity index (χ1) is 9.71. The number of fused-ring (bicyclic) bond motifs is 2. The van der Waals surface area contributed by atoms with Gasteiger partial charge < -0.3 is 15.4 Å². The van der Waals surface area contributed by atoms with Gasteiger partial charge in [-0.1, -0.05) is 0 Å². The summed E-state index contributed by atoms with van der Waals surface area (Å²) < 4.78 is 5.18. The second-order valence-corrected chi connectivity index (χ2v) is 5.91. The van der Waals surface area contributed by atoms with E-state index in [0.717, 1.165) is 17.4 Å². The first-order valence-electron chi connectivity index (χ1n) is 7.67. The standard InChI is InChI=1S/C8H12N2O.C8H15N/c1-2-11-8-5-7(6-9)3-4-10-8;1-9-5-7-2-3-8(4-7)6-9/h3-5H,2,6,9H2,1H3;7-8H,2-6H2,1H3. The monoisotopic (exact) mass is 277 g/mol. The fraction of sp³-hybridized carbons (Fsp3) is 0.688. The first-order valence-corrected chi connectivity index (χ1v) is 7.67. The van der Waals surface area contributed by atoms with E-state index in [9.17, 15) is 0 Å². The lowest BCUT2D eigenvalue weighted by Crippen LogP contribution is -2.32. The highest BCUT2D eigenvalue weighted by Gasteiger charge is 2.30. The number of hydrogen-bond donors (Lipinski definition) is 1. The zero-order valence-electron chi connectivity index (χ0n) is 12.7. The fourth-order valence-electron chi connectivity index (χ4n) is 3.27. The van der Waals surface area contributed by atoms with Gasteiger partial charge in [-0.05, 0) is 56.7 Å². The summed E-state index contributed by atoms with van der Waals surface area (Å²) in [5.41, 5.74) is 6.48. The van der Waals surface area contributed by atoms with Gasteiger partial charge in [-0.25, -0.2) is 4.98 Å². The van der Waals surface area contributed by atoms with Crippen LogP contribution in [0.15, 0.2) is 18.3 Å². The van der Waals surface area contributed by atoms with Gasteiger partial charge in [0.1, 0.15) is 0 Å². The topological polar surface area (TPSA) is 51.4 Å². The van der Waals surface area contributed by atoms with Crippen LogP contribution >= 0.6 is 0 Å². The van der Waals surface area contributed by atoms with E-state index in [0.29, 0.717) is 19.0 Å². The molecule has 20 heavy (non-hydrogen) atoms. The lowest BCUT2D eigenvalue weighted by molar-refractivity contribution is 0.203. The molecule has 2 aliphatic rings. The van der Waals surface area contributed by atoms with Gasteiger partial charge in [-0.2, -0.15) is 0 Å². The summed E-state index contributed by atoms with van der Waals surface area (Å²) >= 11 is 0. The highest BCUT2D eigenvalue weighted by atomic mass is 16.5. The Bertz CT molecular complexity index is 398. The van der Waals surface area contributed by atoms with E-state index in [1.807, 2.05) is 19.1 Å². The van der Waals surface area contributed by atoms with Gasteiger partial charge in [0.25, 0.3) is 0 Å². The second-order valence-electron chi connectivity index (χ2n) is 5.91. The van der Waals surface area contributed by atoms with Crippen LogP contribution in [0.5, 0.6) is 5.88 Å². The van der Waals surface area contributed by atoms with Crippen molar-refractivity contribution in [3.8, 4) is 5.88 Å². The molecule has 4 heteroatoms. The van der Waals surface area contributed by atoms with Crippen LogP contribution in [0, 0.1) is 11.8 Å². The van der Waals surface area contributed by atoms with Crippen molar-refractivity contribution in [3.63, 3.8) is 0 Å². The maximum atomic E-state index is 5.43. The molecule has 0 amide bonds. The summed E-state index contributed by atoms with van der Waals surface area (Å²) in [5.74, 6) is 2.78. The van der Waals surface area contributed by atoms with Crippen molar-refractivity contribution in [2.75, 3.05) is 26.7 Å². The number of aromatic nitrogens is 1.